The molecule has 1 fully saturated rings. The second-order valence-corrected chi connectivity index (χ2v) is 4.91. The lowest BCUT2D eigenvalue weighted by Gasteiger charge is -2.09. The second-order valence-electron chi connectivity index (χ2n) is 4.91. The standard InChI is InChI=1S/C15H15NO2/c1-18-13-5-4-10-8-12(3-2-11(10)9-13)14(17)15(16)6-7-15/h2-5,8-9H,6-7,16H2,1H3. The van der Waals surface area contributed by atoms with Gasteiger partial charge in [0.2, 0.25) is 0 Å². The Morgan fingerprint density at radius 2 is 1.83 bits per heavy atom. The molecule has 0 saturated heterocycles. The number of Topliss-reactive ketones (excluding diaryl/α,β-unsaturated/α-hetero) is 1. The molecule has 0 aromatic heterocycles. The van der Waals surface area contributed by atoms with Crippen LogP contribution in [0.2, 0.25) is 0 Å². The van der Waals surface area contributed by atoms with Gasteiger partial charge in [-0.05, 0) is 41.8 Å². The van der Waals surface area contributed by atoms with Crippen molar-refractivity contribution in [2.24, 2.45) is 5.73 Å². The van der Waals surface area contributed by atoms with Crippen molar-refractivity contribution < 1.29 is 9.53 Å². The number of hydrogen-bond acceptors (Lipinski definition) is 3. The smallest absolute Gasteiger partial charge is 0.182 e. The lowest BCUT2D eigenvalue weighted by atomic mass is 9.99. The largest absolute Gasteiger partial charge is 0.497 e. The highest BCUT2D eigenvalue weighted by atomic mass is 16.5. The molecule has 2 N–H and O–H groups in total. The van der Waals surface area contributed by atoms with Crippen LogP contribution in [0.4, 0.5) is 0 Å². The van der Waals surface area contributed by atoms with Gasteiger partial charge in [-0.2, -0.15) is 0 Å². The van der Waals surface area contributed by atoms with E-state index in [2.05, 4.69) is 0 Å². The van der Waals surface area contributed by atoms with E-state index < -0.39 is 5.54 Å². The molecule has 0 radical (unpaired) electrons. The zero-order valence-electron chi connectivity index (χ0n) is 10.3. The zero-order valence-corrected chi connectivity index (χ0v) is 10.3. The molecule has 0 bridgehead atoms. The average Bonchev–Trinajstić information content (AvgIpc) is 3.16. The number of rotatable bonds is 3. The van der Waals surface area contributed by atoms with Crippen molar-refractivity contribution >= 4 is 16.6 Å². The summed E-state index contributed by atoms with van der Waals surface area (Å²) in [5.74, 6) is 0.874. The molecule has 92 valence electrons. The highest BCUT2D eigenvalue weighted by Gasteiger charge is 2.45. The van der Waals surface area contributed by atoms with Crippen LogP contribution in [0.25, 0.3) is 10.8 Å². The Bertz CT molecular complexity index is 629. The first-order valence-corrected chi connectivity index (χ1v) is 6.04. The zero-order chi connectivity index (χ0) is 12.8. The number of ketones is 1. The van der Waals surface area contributed by atoms with Gasteiger partial charge in [0.1, 0.15) is 5.75 Å². The monoisotopic (exact) mass is 241 g/mol. The van der Waals surface area contributed by atoms with E-state index in [0.29, 0.717) is 5.56 Å². The minimum Gasteiger partial charge on any atom is -0.497 e. The van der Waals surface area contributed by atoms with Crippen molar-refractivity contribution in [2.45, 2.75) is 18.4 Å². The van der Waals surface area contributed by atoms with E-state index >= 15 is 0 Å². The average molecular weight is 241 g/mol. The van der Waals surface area contributed by atoms with Gasteiger partial charge in [0.25, 0.3) is 0 Å². The van der Waals surface area contributed by atoms with E-state index in [1.54, 1.807) is 7.11 Å². The quantitative estimate of drug-likeness (QED) is 0.840. The lowest BCUT2D eigenvalue weighted by Crippen LogP contribution is -2.32. The topological polar surface area (TPSA) is 52.3 Å². The predicted molar refractivity (Wildman–Crippen MR) is 71.0 cm³/mol. The van der Waals surface area contributed by atoms with E-state index in [1.165, 1.54) is 0 Å². The lowest BCUT2D eigenvalue weighted by molar-refractivity contribution is 0.0949. The van der Waals surface area contributed by atoms with Gasteiger partial charge in [-0.25, -0.2) is 0 Å². The Morgan fingerprint density at radius 3 is 2.50 bits per heavy atom. The summed E-state index contributed by atoms with van der Waals surface area (Å²) in [4.78, 5) is 12.1. The molecule has 0 aliphatic heterocycles. The van der Waals surface area contributed by atoms with E-state index in [4.69, 9.17) is 10.5 Å². The molecule has 2 aromatic rings. The van der Waals surface area contributed by atoms with Gasteiger partial charge in [0, 0.05) is 5.56 Å². The van der Waals surface area contributed by atoms with Crippen molar-refractivity contribution in [3.05, 3.63) is 42.0 Å². The molecule has 3 heteroatoms. The Balaban J connectivity index is 2.03. The molecule has 18 heavy (non-hydrogen) atoms. The molecule has 3 nitrogen and oxygen atoms in total. The van der Waals surface area contributed by atoms with Gasteiger partial charge < -0.3 is 10.5 Å². The van der Waals surface area contributed by atoms with Crippen molar-refractivity contribution in [3.8, 4) is 5.75 Å². The predicted octanol–water partition coefficient (Wildman–Crippen LogP) is 2.52. The summed E-state index contributed by atoms with van der Waals surface area (Å²) >= 11 is 0. The summed E-state index contributed by atoms with van der Waals surface area (Å²) in [5, 5.41) is 2.10. The number of nitrogens with two attached hydrogens (primary N) is 1. The molecule has 1 aliphatic rings. The Kier molecular flexibility index (Phi) is 2.38. The van der Waals surface area contributed by atoms with Gasteiger partial charge in [0.15, 0.2) is 5.78 Å². The summed E-state index contributed by atoms with van der Waals surface area (Å²) in [6.07, 6.45) is 1.60. The Hall–Kier alpha value is -1.87. The number of methoxy groups -OCH3 is 1. The van der Waals surface area contributed by atoms with Crippen LogP contribution >= 0.6 is 0 Å². The summed E-state index contributed by atoms with van der Waals surface area (Å²) in [5.41, 5.74) is 6.05. The van der Waals surface area contributed by atoms with E-state index in [-0.39, 0.29) is 5.78 Å². The van der Waals surface area contributed by atoms with Crippen LogP contribution in [0.5, 0.6) is 5.75 Å². The number of fused-ring (bicyclic) bond motifs is 1. The Morgan fingerprint density at radius 1 is 1.17 bits per heavy atom. The molecule has 0 unspecified atom stereocenters. The molecule has 2 aromatic carbocycles. The van der Waals surface area contributed by atoms with E-state index in [9.17, 15) is 4.79 Å². The molecule has 0 spiro atoms. The third-order valence-corrected chi connectivity index (χ3v) is 3.55. The highest BCUT2D eigenvalue weighted by molar-refractivity contribution is 6.07. The molecular weight excluding hydrogens is 226 g/mol. The molecule has 0 atom stereocenters. The van der Waals surface area contributed by atoms with Gasteiger partial charge >= 0.3 is 0 Å². The summed E-state index contributed by atoms with van der Waals surface area (Å²) in [6.45, 7) is 0. The minimum absolute atomic E-state index is 0.0558. The van der Waals surface area contributed by atoms with E-state index in [1.807, 2.05) is 36.4 Å². The number of carbonyl (C=O) groups is 1. The minimum atomic E-state index is -0.597. The molecule has 0 amide bonds. The SMILES string of the molecule is COc1ccc2cc(C(=O)C3(N)CC3)ccc2c1. The number of carbonyl (C=O) groups excluding carboxylic acids is 1. The number of ether oxygens (including phenoxy) is 1. The maximum atomic E-state index is 12.1. The molecular formula is C15H15NO2. The van der Waals surface area contributed by atoms with Crippen molar-refractivity contribution in [1.29, 1.82) is 0 Å². The highest BCUT2D eigenvalue weighted by Crippen LogP contribution is 2.36. The van der Waals surface area contributed by atoms with E-state index in [0.717, 1.165) is 29.4 Å². The van der Waals surface area contributed by atoms with Crippen LogP contribution in [0.1, 0.15) is 23.2 Å². The normalized spacial score (nSPS) is 16.6. The molecule has 1 saturated carbocycles. The first kappa shape index (κ1) is 11.2. The van der Waals surface area contributed by atoms with Crippen LogP contribution in [-0.4, -0.2) is 18.4 Å². The van der Waals surface area contributed by atoms with Crippen LogP contribution in [0.3, 0.4) is 0 Å². The van der Waals surface area contributed by atoms with Crippen molar-refractivity contribution in [3.63, 3.8) is 0 Å². The van der Waals surface area contributed by atoms with Crippen LogP contribution in [0, 0.1) is 0 Å². The van der Waals surface area contributed by atoms with Crippen LogP contribution in [-0.2, 0) is 0 Å². The Labute approximate surface area is 106 Å². The summed E-state index contributed by atoms with van der Waals surface area (Å²) < 4.78 is 5.18. The summed E-state index contributed by atoms with van der Waals surface area (Å²) in [6, 6.07) is 11.5. The second kappa shape index (κ2) is 3.82. The summed E-state index contributed by atoms with van der Waals surface area (Å²) in [7, 11) is 1.64. The molecule has 0 heterocycles. The van der Waals surface area contributed by atoms with Gasteiger partial charge in [-0.15, -0.1) is 0 Å². The third-order valence-electron chi connectivity index (χ3n) is 3.55. The van der Waals surface area contributed by atoms with Crippen molar-refractivity contribution in [2.75, 3.05) is 7.11 Å². The maximum absolute atomic E-state index is 12.1. The fourth-order valence-corrected chi connectivity index (χ4v) is 2.14. The first-order chi connectivity index (χ1) is 8.62. The van der Waals surface area contributed by atoms with Crippen molar-refractivity contribution in [1.82, 2.24) is 0 Å². The number of benzene rings is 2. The third kappa shape index (κ3) is 1.77. The maximum Gasteiger partial charge on any atom is 0.182 e. The fraction of sp³-hybridized carbons (Fsp3) is 0.267. The van der Waals surface area contributed by atoms with Crippen LogP contribution < -0.4 is 10.5 Å². The first-order valence-electron chi connectivity index (χ1n) is 6.04. The van der Waals surface area contributed by atoms with Gasteiger partial charge in [-0.1, -0.05) is 18.2 Å². The number of hydrogen-bond donors (Lipinski definition) is 1. The molecule has 1 aliphatic carbocycles. The van der Waals surface area contributed by atoms with Crippen LogP contribution in [0.15, 0.2) is 36.4 Å². The molecule has 3 rings (SSSR count). The van der Waals surface area contributed by atoms with Gasteiger partial charge in [0.05, 0.1) is 12.6 Å². The van der Waals surface area contributed by atoms with Gasteiger partial charge in [-0.3, -0.25) is 4.79 Å². The fourth-order valence-electron chi connectivity index (χ4n) is 2.14.